The Kier molecular flexibility index (Phi) is 8.09. The maximum atomic E-state index is 13.9. The first-order chi connectivity index (χ1) is 18.4. The molecular weight excluding hydrogens is 492 g/mol. The Hall–Kier alpha value is -4.14. The van der Waals surface area contributed by atoms with Gasteiger partial charge in [0, 0.05) is 37.3 Å². The molecule has 2 N–H and O–H groups in total. The van der Waals surface area contributed by atoms with Crippen molar-refractivity contribution in [3.05, 3.63) is 102 Å². The van der Waals surface area contributed by atoms with Crippen molar-refractivity contribution in [2.24, 2.45) is 4.99 Å². The first-order valence-electron chi connectivity index (χ1n) is 13.4. The molecule has 0 atom stereocenters. The molecule has 0 bridgehead atoms. The molecule has 0 amide bonds. The molecule has 9 heteroatoms. The molecule has 2 aromatic carbocycles. The minimum Gasteiger partial charge on any atom is -0.365 e. The van der Waals surface area contributed by atoms with E-state index < -0.39 is 4.92 Å². The number of aromatic nitrogens is 2. The molecule has 2 heterocycles. The number of hydrogen-bond acceptors (Lipinski definition) is 6. The Labute approximate surface area is 229 Å². The zero-order valence-corrected chi connectivity index (χ0v) is 23.9. The highest BCUT2D eigenvalue weighted by molar-refractivity contribution is 5.67. The van der Waals surface area contributed by atoms with Gasteiger partial charge in [0.05, 0.1) is 16.3 Å². The number of benzene rings is 2. The fraction of sp³-hybridized carbons (Fsp3) is 0.400. The van der Waals surface area contributed by atoms with E-state index in [1.54, 1.807) is 4.57 Å². The molecule has 0 radical (unpaired) electrons. The van der Waals surface area contributed by atoms with Crippen LogP contribution in [0.15, 0.2) is 52.1 Å². The third-order valence-electron chi connectivity index (χ3n) is 7.09. The van der Waals surface area contributed by atoms with E-state index >= 15 is 0 Å². The SMILES string of the molecule is Cc1cc(C)c(/N=c2\cc3n(c(=O)n2CCN/C(=C/[N+](=O)[O-])NC(C)C)CCc2cc(C)c(C)cc2-3)c(C)c1. The molecule has 0 saturated carbocycles. The van der Waals surface area contributed by atoms with E-state index in [4.69, 9.17) is 4.99 Å². The van der Waals surface area contributed by atoms with Crippen LogP contribution in [0.3, 0.4) is 0 Å². The molecular formula is C30H38N6O3. The van der Waals surface area contributed by atoms with Gasteiger partial charge in [-0.25, -0.2) is 9.79 Å². The number of hydrogen-bond donors (Lipinski definition) is 2. The predicted molar refractivity (Wildman–Crippen MR) is 155 cm³/mol. The van der Waals surface area contributed by atoms with Gasteiger partial charge in [-0.05, 0) is 88.8 Å². The van der Waals surface area contributed by atoms with E-state index in [9.17, 15) is 14.9 Å². The quantitative estimate of drug-likeness (QED) is 0.333. The topological polar surface area (TPSA) is 106 Å². The lowest BCUT2D eigenvalue weighted by Gasteiger charge is -2.24. The highest BCUT2D eigenvalue weighted by Crippen LogP contribution is 2.30. The Balaban J connectivity index is 1.86. The van der Waals surface area contributed by atoms with Crippen molar-refractivity contribution in [2.45, 2.75) is 74.0 Å². The molecule has 206 valence electrons. The van der Waals surface area contributed by atoms with Gasteiger partial charge in [0.25, 0.3) is 6.20 Å². The van der Waals surface area contributed by atoms with Crippen LogP contribution in [-0.4, -0.2) is 26.6 Å². The van der Waals surface area contributed by atoms with E-state index in [-0.39, 0.29) is 18.3 Å². The minimum atomic E-state index is -0.497. The summed E-state index contributed by atoms with van der Waals surface area (Å²) in [4.78, 5) is 29.6. The van der Waals surface area contributed by atoms with Crippen LogP contribution < -0.4 is 21.8 Å². The van der Waals surface area contributed by atoms with Gasteiger partial charge in [0.2, 0.25) is 0 Å². The average Bonchev–Trinajstić information content (AvgIpc) is 2.83. The fourth-order valence-electron chi connectivity index (χ4n) is 5.24. The van der Waals surface area contributed by atoms with Gasteiger partial charge in [-0.3, -0.25) is 19.2 Å². The van der Waals surface area contributed by atoms with Crippen molar-refractivity contribution < 1.29 is 4.92 Å². The maximum Gasteiger partial charge on any atom is 0.330 e. The van der Waals surface area contributed by atoms with Gasteiger partial charge in [-0.2, -0.15) is 0 Å². The van der Waals surface area contributed by atoms with Crippen molar-refractivity contribution in [3.8, 4) is 11.3 Å². The van der Waals surface area contributed by atoms with Crippen LogP contribution in [0.4, 0.5) is 5.69 Å². The van der Waals surface area contributed by atoms with Gasteiger partial charge in [-0.1, -0.05) is 23.8 Å². The van der Waals surface area contributed by atoms with E-state index in [2.05, 4.69) is 55.7 Å². The Morgan fingerprint density at radius 1 is 1.05 bits per heavy atom. The minimum absolute atomic E-state index is 0.0101. The van der Waals surface area contributed by atoms with Crippen LogP contribution in [-0.2, 0) is 19.5 Å². The van der Waals surface area contributed by atoms with Crippen LogP contribution in [0.2, 0.25) is 0 Å². The summed E-state index contributed by atoms with van der Waals surface area (Å²) >= 11 is 0. The second kappa shape index (κ2) is 11.3. The van der Waals surface area contributed by atoms with Crippen LogP contribution in [0.1, 0.15) is 47.2 Å². The van der Waals surface area contributed by atoms with Gasteiger partial charge in [0.15, 0.2) is 5.82 Å². The average molecular weight is 531 g/mol. The molecule has 1 aromatic heterocycles. The lowest BCUT2D eigenvalue weighted by atomic mass is 9.93. The Morgan fingerprint density at radius 3 is 2.36 bits per heavy atom. The molecule has 0 fully saturated rings. The van der Waals surface area contributed by atoms with Crippen LogP contribution in [0.5, 0.6) is 0 Å². The van der Waals surface area contributed by atoms with E-state index in [1.807, 2.05) is 38.3 Å². The van der Waals surface area contributed by atoms with Gasteiger partial charge < -0.3 is 10.6 Å². The largest absolute Gasteiger partial charge is 0.365 e. The summed E-state index contributed by atoms with van der Waals surface area (Å²) in [6, 6.07) is 10.6. The number of nitrogens with one attached hydrogen (secondary N) is 2. The van der Waals surface area contributed by atoms with Crippen molar-refractivity contribution in [2.75, 3.05) is 6.54 Å². The number of fused-ring (bicyclic) bond motifs is 3. The van der Waals surface area contributed by atoms with Gasteiger partial charge in [-0.15, -0.1) is 0 Å². The van der Waals surface area contributed by atoms with Crippen molar-refractivity contribution in [1.82, 2.24) is 19.8 Å². The zero-order chi connectivity index (χ0) is 28.4. The number of aryl methyl sites for hydroxylation is 6. The summed E-state index contributed by atoms with van der Waals surface area (Å²) in [5.41, 5.74) is 10.1. The lowest BCUT2D eigenvalue weighted by Crippen LogP contribution is -2.44. The van der Waals surface area contributed by atoms with Crippen molar-refractivity contribution in [3.63, 3.8) is 0 Å². The smallest absolute Gasteiger partial charge is 0.330 e. The molecule has 4 rings (SSSR count). The van der Waals surface area contributed by atoms with E-state index in [1.165, 1.54) is 16.7 Å². The van der Waals surface area contributed by atoms with Crippen LogP contribution in [0, 0.1) is 44.7 Å². The van der Waals surface area contributed by atoms with Crippen LogP contribution in [0.25, 0.3) is 11.3 Å². The molecule has 0 saturated heterocycles. The van der Waals surface area contributed by atoms with Crippen molar-refractivity contribution >= 4 is 5.69 Å². The van der Waals surface area contributed by atoms with E-state index in [0.29, 0.717) is 24.4 Å². The highest BCUT2D eigenvalue weighted by Gasteiger charge is 2.21. The third kappa shape index (κ3) is 6.13. The number of rotatable bonds is 8. The second-order valence-corrected chi connectivity index (χ2v) is 10.7. The zero-order valence-electron chi connectivity index (χ0n) is 23.9. The standard InChI is InChI=1S/C30H38N6O3/c1-18(2)32-27(17-36(38)39)31-9-11-35-28(33-29-22(6)12-19(3)13-23(29)7)16-26-25-15-21(5)20(4)14-24(25)8-10-34(26)30(35)37/h12-18,31-32H,8-11H2,1-7H3/b27-17-,33-28+. The Morgan fingerprint density at radius 2 is 1.72 bits per heavy atom. The lowest BCUT2D eigenvalue weighted by molar-refractivity contribution is -0.404. The maximum absolute atomic E-state index is 13.9. The fourth-order valence-corrected chi connectivity index (χ4v) is 5.24. The predicted octanol–water partition coefficient (Wildman–Crippen LogP) is 4.31. The van der Waals surface area contributed by atoms with Crippen LogP contribution >= 0.6 is 0 Å². The molecule has 1 aliphatic rings. The number of nitro groups is 1. The molecule has 0 unspecified atom stereocenters. The monoisotopic (exact) mass is 530 g/mol. The first-order valence-corrected chi connectivity index (χ1v) is 13.4. The first kappa shape index (κ1) is 27.9. The second-order valence-electron chi connectivity index (χ2n) is 10.7. The van der Waals surface area contributed by atoms with Gasteiger partial charge >= 0.3 is 5.69 Å². The van der Waals surface area contributed by atoms with E-state index in [0.717, 1.165) is 46.3 Å². The highest BCUT2D eigenvalue weighted by atomic mass is 16.6. The molecule has 3 aromatic rings. The normalized spacial score (nSPS) is 13.3. The molecule has 1 aliphatic heterocycles. The summed E-state index contributed by atoms with van der Waals surface area (Å²) in [6.45, 7) is 15.3. The number of nitrogens with zero attached hydrogens (tertiary/aromatic N) is 4. The molecule has 0 spiro atoms. The third-order valence-corrected chi connectivity index (χ3v) is 7.09. The summed E-state index contributed by atoms with van der Waals surface area (Å²) in [5, 5.41) is 17.2. The summed E-state index contributed by atoms with van der Waals surface area (Å²) < 4.78 is 3.49. The summed E-state index contributed by atoms with van der Waals surface area (Å²) in [7, 11) is 0. The Bertz CT molecular complexity index is 1570. The van der Waals surface area contributed by atoms with Gasteiger partial charge in [0.1, 0.15) is 5.49 Å². The summed E-state index contributed by atoms with van der Waals surface area (Å²) in [5.74, 6) is 0.303. The summed E-state index contributed by atoms with van der Waals surface area (Å²) in [6.07, 6.45) is 1.69. The molecule has 0 aliphatic carbocycles. The molecule has 39 heavy (non-hydrogen) atoms. The molecule has 9 nitrogen and oxygen atoms in total. The van der Waals surface area contributed by atoms with Crippen molar-refractivity contribution in [1.29, 1.82) is 0 Å².